The van der Waals surface area contributed by atoms with Crippen LogP contribution in [0.15, 0.2) is 23.2 Å². The summed E-state index contributed by atoms with van der Waals surface area (Å²) in [5.41, 5.74) is 3.82. The molecule has 1 aromatic carbocycles. The molecule has 0 radical (unpaired) electrons. The Labute approximate surface area is 78.7 Å². The first-order chi connectivity index (χ1) is 6.31. The van der Waals surface area contributed by atoms with Gasteiger partial charge < -0.3 is 5.32 Å². The highest BCUT2D eigenvalue weighted by atomic mass is 14.8. The molecule has 2 rings (SSSR count). The molecule has 0 aliphatic carbocycles. The molecule has 2 heteroatoms. The predicted octanol–water partition coefficient (Wildman–Crippen LogP) is 2.26. The second-order valence-electron chi connectivity index (χ2n) is 3.49. The number of anilines is 1. The van der Waals surface area contributed by atoms with Crippen LogP contribution in [-0.4, -0.2) is 19.8 Å². The molecule has 0 aromatic heterocycles. The van der Waals surface area contributed by atoms with Crippen LogP contribution in [0.4, 0.5) is 5.69 Å². The summed E-state index contributed by atoms with van der Waals surface area (Å²) >= 11 is 0. The monoisotopic (exact) mass is 174 g/mol. The second kappa shape index (κ2) is 3.21. The van der Waals surface area contributed by atoms with Crippen LogP contribution in [0.2, 0.25) is 0 Å². The molecule has 1 aromatic rings. The molecule has 0 saturated heterocycles. The molecule has 0 spiro atoms. The number of nitrogens with zero attached hydrogens (tertiary/aromatic N) is 1. The fourth-order valence-corrected chi connectivity index (χ4v) is 1.70. The molecule has 1 aliphatic heterocycles. The van der Waals surface area contributed by atoms with Gasteiger partial charge in [0.2, 0.25) is 0 Å². The lowest BCUT2D eigenvalue weighted by molar-refractivity contribution is 0.765. The molecule has 13 heavy (non-hydrogen) atoms. The molecule has 1 unspecified atom stereocenters. The van der Waals surface area contributed by atoms with Crippen LogP contribution in [0.5, 0.6) is 0 Å². The molecule has 1 aliphatic rings. The molecule has 1 atom stereocenters. The van der Waals surface area contributed by atoms with E-state index in [1.165, 1.54) is 11.1 Å². The molecule has 0 bridgehead atoms. The van der Waals surface area contributed by atoms with Gasteiger partial charge in [0, 0.05) is 31.4 Å². The van der Waals surface area contributed by atoms with Gasteiger partial charge in [-0.15, -0.1) is 0 Å². The number of fused-ring (bicyclic) bond motifs is 1. The summed E-state index contributed by atoms with van der Waals surface area (Å²) in [6.45, 7) is 3.14. The van der Waals surface area contributed by atoms with Crippen LogP contribution in [0.25, 0.3) is 0 Å². The highest BCUT2D eigenvalue weighted by Gasteiger charge is 2.12. The van der Waals surface area contributed by atoms with Gasteiger partial charge in [-0.2, -0.15) is 0 Å². The number of aliphatic imine (C=N–C) groups is 1. The van der Waals surface area contributed by atoms with Crippen LogP contribution < -0.4 is 5.32 Å². The Hall–Kier alpha value is -1.31. The van der Waals surface area contributed by atoms with E-state index in [1.807, 2.05) is 13.3 Å². The maximum Gasteiger partial charge on any atom is 0.0455 e. The zero-order chi connectivity index (χ0) is 9.26. The topological polar surface area (TPSA) is 24.4 Å². The Kier molecular flexibility index (Phi) is 2.05. The first-order valence-corrected chi connectivity index (χ1v) is 4.63. The summed E-state index contributed by atoms with van der Waals surface area (Å²) in [5, 5.41) is 3.13. The van der Waals surface area contributed by atoms with Crippen molar-refractivity contribution in [3.05, 3.63) is 29.3 Å². The van der Waals surface area contributed by atoms with Crippen molar-refractivity contribution in [1.29, 1.82) is 0 Å². The summed E-state index contributed by atoms with van der Waals surface area (Å²) in [5.74, 6) is 0.561. The fraction of sp³-hybridized carbons (Fsp3) is 0.364. The smallest absolute Gasteiger partial charge is 0.0455 e. The zero-order valence-corrected chi connectivity index (χ0v) is 8.04. The quantitative estimate of drug-likeness (QED) is 0.694. The molecule has 1 heterocycles. The van der Waals surface area contributed by atoms with Gasteiger partial charge in [0.05, 0.1) is 0 Å². The van der Waals surface area contributed by atoms with E-state index in [2.05, 4.69) is 35.4 Å². The lowest BCUT2D eigenvalue weighted by Gasteiger charge is -2.17. The third-order valence-corrected chi connectivity index (χ3v) is 2.52. The summed E-state index contributed by atoms with van der Waals surface area (Å²) < 4.78 is 0. The minimum Gasteiger partial charge on any atom is -0.388 e. The third-order valence-electron chi connectivity index (χ3n) is 2.52. The maximum absolute atomic E-state index is 4.32. The molecule has 68 valence electrons. The van der Waals surface area contributed by atoms with Crippen molar-refractivity contribution in [3.8, 4) is 0 Å². The fourth-order valence-electron chi connectivity index (χ4n) is 1.70. The van der Waals surface area contributed by atoms with Crippen LogP contribution in [0.3, 0.4) is 0 Å². The van der Waals surface area contributed by atoms with Gasteiger partial charge in [-0.25, -0.2) is 0 Å². The maximum atomic E-state index is 4.32. The lowest BCUT2D eigenvalue weighted by Crippen LogP contribution is -2.08. The van der Waals surface area contributed by atoms with Crippen molar-refractivity contribution < 1.29 is 0 Å². The molecule has 0 amide bonds. The van der Waals surface area contributed by atoms with E-state index in [1.54, 1.807) is 0 Å². The normalized spacial score (nSPS) is 19.7. The molecule has 0 saturated carbocycles. The Balaban J connectivity index is 2.47. The van der Waals surface area contributed by atoms with E-state index >= 15 is 0 Å². The summed E-state index contributed by atoms with van der Waals surface area (Å²) in [7, 11) is 1.94. The summed E-state index contributed by atoms with van der Waals surface area (Å²) in [4.78, 5) is 4.32. The Morgan fingerprint density at radius 1 is 1.46 bits per heavy atom. The third kappa shape index (κ3) is 1.44. The van der Waals surface area contributed by atoms with Crippen molar-refractivity contribution in [2.75, 3.05) is 18.9 Å². The molecule has 0 fully saturated rings. The van der Waals surface area contributed by atoms with Gasteiger partial charge >= 0.3 is 0 Å². The van der Waals surface area contributed by atoms with Crippen LogP contribution in [0, 0.1) is 0 Å². The van der Waals surface area contributed by atoms with Gasteiger partial charge in [0.25, 0.3) is 0 Å². The average molecular weight is 174 g/mol. The minimum atomic E-state index is 0.561. The summed E-state index contributed by atoms with van der Waals surface area (Å²) in [6, 6.07) is 6.46. The number of benzene rings is 1. The van der Waals surface area contributed by atoms with Gasteiger partial charge in [0.1, 0.15) is 0 Å². The SMILES string of the molecule is CNc1ccc2c(c1)C=NCC2C. The van der Waals surface area contributed by atoms with Crippen molar-refractivity contribution in [2.45, 2.75) is 12.8 Å². The Bertz CT molecular complexity index is 342. The zero-order valence-electron chi connectivity index (χ0n) is 8.04. The van der Waals surface area contributed by atoms with E-state index in [0.717, 1.165) is 12.2 Å². The molecular weight excluding hydrogens is 160 g/mol. The van der Waals surface area contributed by atoms with Crippen LogP contribution in [0.1, 0.15) is 24.0 Å². The number of nitrogens with one attached hydrogen (secondary N) is 1. The Morgan fingerprint density at radius 2 is 2.31 bits per heavy atom. The lowest BCUT2D eigenvalue weighted by atomic mass is 9.94. The molecule has 2 nitrogen and oxygen atoms in total. The highest BCUT2D eigenvalue weighted by Crippen LogP contribution is 2.25. The van der Waals surface area contributed by atoms with E-state index in [0.29, 0.717) is 5.92 Å². The van der Waals surface area contributed by atoms with Gasteiger partial charge in [0.15, 0.2) is 0 Å². The first kappa shape index (κ1) is 8.30. The largest absolute Gasteiger partial charge is 0.388 e. The predicted molar refractivity (Wildman–Crippen MR) is 56.9 cm³/mol. The number of hydrogen-bond acceptors (Lipinski definition) is 2. The van der Waals surface area contributed by atoms with Gasteiger partial charge in [-0.05, 0) is 23.3 Å². The molecular formula is C11H14N2. The highest BCUT2D eigenvalue weighted by molar-refractivity contribution is 5.85. The van der Waals surface area contributed by atoms with E-state index < -0.39 is 0 Å². The minimum absolute atomic E-state index is 0.561. The van der Waals surface area contributed by atoms with Crippen molar-refractivity contribution in [3.63, 3.8) is 0 Å². The van der Waals surface area contributed by atoms with Crippen LogP contribution in [-0.2, 0) is 0 Å². The van der Waals surface area contributed by atoms with Crippen molar-refractivity contribution in [1.82, 2.24) is 0 Å². The van der Waals surface area contributed by atoms with E-state index in [4.69, 9.17) is 0 Å². The van der Waals surface area contributed by atoms with E-state index in [9.17, 15) is 0 Å². The number of hydrogen-bond donors (Lipinski definition) is 1. The van der Waals surface area contributed by atoms with Crippen molar-refractivity contribution >= 4 is 11.9 Å². The standard InChI is InChI=1S/C11H14N2/c1-8-6-13-7-9-5-10(12-2)3-4-11(8)9/h3-5,7-8,12H,6H2,1-2H3. The van der Waals surface area contributed by atoms with Crippen molar-refractivity contribution in [2.24, 2.45) is 4.99 Å². The first-order valence-electron chi connectivity index (χ1n) is 4.63. The van der Waals surface area contributed by atoms with E-state index in [-0.39, 0.29) is 0 Å². The molecule has 1 N–H and O–H groups in total. The van der Waals surface area contributed by atoms with Gasteiger partial charge in [-0.1, -0.05) is 13.0 Å². The number of rotatable bonds is 1. The second-order valence-corrected chi connectivity index (χ2v) is 3.49. The van der Waals surface area contributed by atoms with Crippen LogP contribution >= 0.6 is 0 Å². The van der Waals surface area contributed by atoms with Gasteiger partial charge in [-0.3, -0.25) is 4.99 Å². The summed E-state index contributed by atoms with van der Waals surface area (Å²) in [6.07, 6.45) is 1.97. The Morgan fingerprint density at radius 3 is 3.08 bits per heavy atom. The average Bonchev–Trinajstić information content (AvgIpc) is 2.18.